The van der Waals surface area contributed by atoms with Gasteiger partial charge in [-0.15, -0.1) is 0 Å². The van der Waals surface area contributed by atoms with Gasteiger partial charge in [0.2, 0.25) is 0 Å². The molecular weight excluding hydrogens is 389 g/mol. The average Bonchev–Trinajstić information content (AvgIpc) is 2.46. The van der Waals surface area contributed by atoms with Gasteiger partial charge in [-0.2, -0.15) is 0 Å². The fraction of sp³-hybridized carbons (Fsp3) is 0.200. The van der Waals surface area contributed by atoms with Gasteiger partial charge in [0, 0.05) is 20.8 Å². The number of fused-ring (bicyclic) bond motifs is 1. The summed E-state index contributed by atoms with van der Waals surface area (Å²) in [7, 11) is 0. The topological polar surface area (TPSA) is 30.5 Å². The van der Waals surface area contributed by atoms with Gasteiger partial charge in [0.05, 0.1) is 0 Å². The zero-order valence-corrected chi connectivity index (χ0v) is 13.6. The molecule has 0 fully saturated rings. The van der Waals surface area contributed by atoms with E-state index >= 15 is 0 Å². The normalized spacial score (nSPS) is 13.1. The second-order valence-electron chi connectivity index (χ2n) is 4.46. The van der Waals surface area contributed by atoms with Gasteiger partial charge < -0.3 is 14.8 Å². The molecule has 1 N–H and O–H groups in total. The molecule has 1 heterocycles. The first-order valence-corrected chi connectivity index (χ1v) is 7.75. The van der Waals surface area contributed by atoms with E-state index in [9.17, 15) is 0 Å². The molecular formula is C15H13ClINO2. The Hall–Kier alpha value is -1.14. The first-order chi connectivity index (χ1) is 9.72. The lowest BCUT2D eigenvalue weighted by molar-refractivity contribution is 0.171. The van der Waals surface area contributed by atoms with Gasteiger partial charge in [-0.1, -0.05) is 17.7 Å². The Morgan fingerprint density at radius 2 is 1.85 bits per heavy atom. The lowest BCUT2D eigenvalue weighted by Crippen LogP contribution is -2.15. The second-order valence-corrected chi connectivity index (χ2v) is 6.05. The van der Waals surface area contributed by atoms with E-state index in [1.54, 1.807) is 0 Å². The van der Waals surface area contributed by atoms with Gasteiger partial charge in [-0.25, -0.2) is 0 Å². The van der Waals surface area contributed by atoms with Crippen LogP contribution in [0.1, 0.15) is 5.56 Å². The summed E-state index contributed by atoms with van der Waals surface area (Å²) in [5.74, 6) is 1.64. The van der Waals surface area contributed by atoms with Crippen LogP contribution in [0.3, 0.4) is 0 Å². The van der Waals surface area contributed by atoms with Crippen LogP contribution in [0.25, 0.3) is 0 Å². The summed E-state index contributed by atoms with van der Waals surface area (Å²) in [4.78, 5) is 0. The molecule has 0 aromatic heterocycles. The van der Waals surface area contributed by atoms with Crippen molar-refractivity contribution in [2.45, 2.75) is 6.54 Å². The van der Waals surface area contributed by atoms with E-state index in [0.717, 1.165) is 37.9 Å². The molecule has 0 spiro atoms. The van der Waals surface area contributed by atoms with Crippen molar-refractivity contribution >= 4 is 39.9 Å². The van der Waals surface area contributed by atoms with Crippen molar-refractivity contribution < 1.29 is 9.47 Å². The molecule has 5 heteroatoms. The summed E-state index contributed by atoms with van der Waals surface area (Å²) in [6.07, 6.45) is 0. The largest absolute Gasteiger partial charge is 0.486 e. The van der Waals surface area contributed by atoms with Crippen LogP contribution in [-0.2, 0) is 6.54 Å². The van der Waals surface area contributed by atoms with Gasteiger partial charge in [0.15, 0.2) is 11.5 Å². The molecule has 3 nitrogen and oxygen atoms in total. The second kappa shape index (κ2) is 6.10. The van der Waals surface area contributed by atoms with Crippen molar-refractivity contribution in [1.82, 2.24) is 0 Å². The van der Waals surface area contributed by atoms with Gasteiger partial charge in [-0.05, 0) is 58.5 Å². The minimum absolute atomic E-state index is 0.610. The highest BCUT2D eigenvalue weighted by atomic mass is 127. The van der Waals surface area contributed by atoms with Crippen LogP contribution in [0.5, 0.6) is 11.5 Å². The van der Waals surface area contributed by atoms with Crippen molar-refractivity contribution in [3.8, 4) is 11.5 Å². The van der Waals surface area contributed by atoms with E-state index in [2.05, 4.69) is 27.9 Å². The van der Waals surface area contributed by atoms with Gasteiger partial charge in [0.25, 0.3) is 0 Å². The van der Waals surface area contributed by atoms with Gasteiger partial charge in [-0.3, -0.25) is 0 Å². The van der Waals surface area contributed by atoms with Crippen LogP contribution >= 0.6 is 34.2 Å². The molecule has 20 heavy (non-hydrogen) atoms. The summed E-state index contributed by atoms with van der Waals surface area (Å²) in [5.41, 5.74) is 2.23. The molecule has 0 amide bonds. The lowest BCUT2D eigenvalue weighted by atomic mass is 10.2. The van der Waals surface area contributed by atoms with Crippen LogP contribution < -0.4 is 14.8 Å². The van der Waals surface area contributed by atoms with Crippen molar-refractivity contribution in [1.29, 1.82) is 0 Å². The van der Waals surface area contributed by atoms with Crippen LogP contribution in [0.15, 0.2) is 36.4 Å². The quantitative estimate of drug-likeness (QED) is 0.777. The summed E-state index contributed by atoms with van der Waals surface area (Å²) < 4.78 is 12.2. The number of nitrogens with one attached hydrogen (secondary N) is 1. The Balaban J connectivity index is 1.72. The Bertz CT molecular complexity index is 633. The minimum atomic E-state index is 0.610. The maximum absolute atomic E-state index is 5.95. The molecule has 0 saturated carbocycles. The Labute approximate surface area is 136 Å². The zero-order valence-electron chi connectivity index (χ0n) is 10.7. The van der Waals surface area contributed by atoms with Crippen molar-refractivity contribution in [2.24, 2.45) is 0 Å². The molecule has 2 aromatic carbocycles. The molecule has 0 atom stereocenters. The molecule has 0 saturated heterocycles. The number of halogens is 2. The Morgan fingerprint density at radius 3 is 2.65 bits per heavy atom. The van der Waals surface area contributed by atoms with E-state index in [4.69, 9.17) is 21.1 Å². The standard InChI is InChI=1S/C15H13ClINO2/c16-11-2-3-13(12(17)8-11)18-9-10-1-4-14-15(7-10)20-6-5-19-14/h1-4,7-8,18H,5-6,9H2. The van der Waals surface area contributed by atoms with Crippen molar-refractivity contribution in [3.05, 3.63) is 50.6 Å². The highest BCUT2D eigenvalue weighted by molar-refractivity contribution is 14.1. The third-order valence-electron chi connectivity index (χ3n) is 3.02. The maximum atomic E-state index is 5.95. The molecule has 0 unspecified atom stereocenters. The van der Waals surface area contributed by atoms with E-state index in [1.165, 1.54) is 0 Å². The van der Waals surface area contributed by atoms with Crippen LogP contribution in [0, 0.1) is 3.57 Å². The predicted octanol–water partition coefficient (Wildman–Crippen LogP) is 4.33. The first-order valence-electron chi connectivity index (χ1n) is 6.30. The zero-order chi connectivity index (χ0) is 13.9. The minimum Gasteiger partial charge on any atom is -0.486 e. The summed E-state index contributed by atoms with van der Waals surface area (Å²) in [5, 5.41) is 4.15. The molecule has 3 rings (SSSR count). The highest BCUT2D eigenvalue weighted by Crippen LogP contribution is 2.31. The van der Waals surface area contributed by atoms with E-state index in [-0.39, 0.29) is 0 Å². The summed E-state index contributed by atoms with van der Waals surface area (Å²) >= 11 is 8.22. The van der Waals surface area contributed by atoms with E-state index in [1.807, 2.05) is 36.4 Å². The molecule has 0 aliphatic carbocycles. The van der Waals surface area contributed by atoms with Gasteiger partial charge in [0.1, 0.15) is 13.2 Å². The maximum Gasteiger partial charge on any atom is 0.161 e. The number of hydrogen-bond acceptors (Lipinski definition) is 3. The van der Waals surface area contributed by atoms with E-state index in [0.29, 0.717) is 13.2 Å². The molecule has 0 radical (unpaired) electrons. The Kier molecular flexibility index (Phi) is 4.21. The van der Waals surface area contributed by atoms with Crippen molar-refractivity contribution in [2.75, 3.05) is 18.5 Å². The average molecular weight is 402 g/mol. The van der Waals surface area contributed by atoms with Gasteiger partial charge >= 0.3 is 0 Å². The smallest absolute Gasteiger partial charge is 0.161 e. The summed E-state index contributed by atoms with van der Waals surface area (Å²) in [6, 6.07) is 11.8. The summed E-state index contributed by atoms with van der Waals surface area (Å²) in [6.45, 7) is 1.96. The fourth-order valence-electron chi connectivity index (χ4n) is 2.03. The van der Waals surface area contributed by atoms with E-state index < -0.39 is 0 Å². The third kappa shape index (κ3) is 3.12. The lowest BCUT2D eigenvalue weighted by Gasteiger charge is -2.19. The monoisotopic (exact) mass is 401 g/mol. The number of benzene rings is 2. The van der Waals surface area contributed by atoms with Crippen LogP contribution in [0.4, 0.5) is 5.69 Å². The van der Waals surface area contributed by atoms with Crippen LogP contribution in [0.2, 0.25) is 5.02 Å². The number of hydrogen-bond donors (Lipinski definition) is 1. The third-order valence-corrected chi connectivity index (χ3v) is 4.15. The molecule has 104 valence electrons. The Morgan fingerprint density at radius 1 is 1.05 bits per heavy atom. The van der Waals surface area contributed by atoms with Crippen LogP contribution in [-0.4, -0.2) is 13.2 Å². The molecule has 1 aliphatic rings. The number of ether oxygens (including phenoxy) is 2. The molecule has 2 aromatic rings. The van der Waals surface area contributed by atoms with Crippen molar-refractivity contribution in [3.63, 3.8) is 0 Å². The first kappa shape index (κ1) is 13.8. The number of anilines is 1. The highest BCUT2D eigenvalue weighted by Gasteiger charge is 2.11. The number of rotatable bonds is 3. The SMILES string of the molecule is Clc1ccc(NCc2ccc3c(c2)OCCO3)c(I)c1. The fourth-order valence-corrected chi connectivity index (χ4v) is 3.09. The molecule has 0 bridgehead atoms. The predicted molar refractivity (Wildman–Crippen MR) is 88.9 cm³/mol. The molecule has 1 aliphatic heterocycles.